The Bertz CT molecular complexity index is 567. The molecule has 0 spiro atoms. The van der Waals surface area contributed by atoms with Crippen molar-refractivity contribution in [1.82, 2.24) is 0 Å². The Balaban J connectivity index is 2.06. The minimum Gasteiger partial charge on any atom is -0.489 e. The van der Waals surface area contributed by atoms with E-state index in [0.29, 0.717) is 23.6 Å². The van der Waals surface area contributed by atoms with Gasteiger partial charge in [0.2, 0.25) is 5.91 Å². The van der Waals surface area contributed by atoms with E-state index in [1.165, 1.54) is 0 Å². The van der Waals surface area contributed by atoms with E-state index in [4.69, 9.17) is 16.2 Å². The molecule has 4 heteroatoms. The van der Waals surface area contributed by atoms with Gasteiger partial charge in [0, 0.05) is 17.3 Å². The topological polar surface area (TPSA) is 78.3 Å². The molecule has 0 aliphatic heterocycles. The standard InChI is InChI=1S/C14H14N2O2/c15-12-5-2-6-13(8-12)18-9-10-3-1-4-11(7-10)14(16)17/h1-8H,9,15H2,(H2,16,17). The third-order valence-electron chi connectivity index (χ3n) is 2.48. The fraction of sp³-hybridized carbons (Fsp3) is 0.0714. The molecule has 0 bridgehead atoms. The minimum absolute atomic E-state index is 0.366. The van der Waals surface area contributed by atoms with Crippen LogP contribution in [0, 0.1) is 0 Å². The van der Waals surface area contributed by atoms with Crippen molar-refractivity contribution in [3.05, 3.63) is 59.7 Å². The normalized spacial score (nSPS) is 10.0. The van der Waals surface area contributed by atoms with Gasteiger partial charge in [0.1, 0.15) is 12.4 Å². The SMILES string of the molecule is NC(=O)c1cccc(COc2cccc(N)c2)c1. The Labute approximate surface area is 105 Å². The summed E-state index contributed by atoms with van der Waals surface area (Å²) in [5, 5.41) is 0. The molecule has 0 saturated carbocycles. The number of anilines is 1. The van der Waals surface area contributed by atoms with Crippen LogP contribution in [0.1, 0.15) is 15.9 Å². The number of amides is 1. The summed E-state index contributed by atoms with van der Waals surface area (Å²) in [4.78, 5) is 11.0. The number of ether oxygens (including phenoxy) is 1. The molecule has 4 nitrogen and oxygen atoms in total. The van der Waals surface area contributed by atoms with Crippen LogP contribution >= 0.6 is 0 Å². The molecule has 1 amide bonds. The molecule has 0 atom stereocenters. The maximum Gasteiger partial charge on any atom is 0.248 e. The van der Waals surface area contributed by atoms with Crippen molar-refractivity contribution in [1.29, 1.82) is 0 Å². The first-order chi connectivity index (χ1) is 8.65. The third-order valence-corrected chi connectivity index (χ3v) is 2.48. The van der Waals surface area contributed by atoms with Gasteiger partial charge in [-0.15, -0.1) is 0 Å². The molecule has 2 aromatic carbocycles. The van der Waals surface area contributed by atoms with Crippen molar-refractivity contribution >= 4 is 11.6 Å². The van der Waals surface area contributed by atoms with E-state index < -0.39 is 5.91 Å². The van der Waals surface area contributed by atoms with Crippen LogP contribution in [0.4, 0.5) is 5.69 Å². The summed E-state index contributed by atoms with van der Waals surface area (Å²) in [5.41, 5.74) is 12.9. The summed E-state index contributed by atoms with van der Waals surface area (Å²) in [6.45, 7) is 0.366. The first-order valence-electron chi connectivity index (χ1n) is 5.52. The second kappa shape index (κ2) is 5.23. The van der Waals surface area contributed by atoms with Crippen LogP contribution in [0.5, 0.6) is 5.75 Å². The van der Waals surface area contributed by atoms with Crippen molar-refractivity contribution in [3.63, 3.8) is 0 Å². The smallest absolute Gasteiger partial charge is 0.248 e. The minimum atomic E-state index is -0.444. The molecular formula is C14H14N2O2. The summed E-state index contributed by atoms with van der Waals surface area (Å²) in [6, 6.07) is 14.2. The van der Waals surface area contributed by atoms with Gasteiger partial charge in [0.05, 0.1) is 0 Å². The summed E-state index contributed by atoms with van der Waals surface area (Å²) in [7, 11) is 0. The number of benzene rings is 2. The van der Waals surface area contributed by atoms with Gasteiger partial charge in [-0.1, -0.05) is 18.2 Å². The molecule has 0 aliphatic carbocycles. The van der Waals surface area contributed by atoms with Gasteiger partial charge in [-0.05, 0) is 29.8 Å². The lowest BCUT2D eigenvalue weighted by Gasteiger charge is -2.07. The molecule has 92 valence electrons. The molecule has 0 saturated heterocycles. The van der Waals surface area contributed by atoms with E-state index in [1.807, 2.05) is 18.2 Å². The quantitative estimate of drug-likeness (QED) is 0.804. The van der Waals surface area contributed by atoms with Crippen LogP contribution in [0.25, 0.3) is 0 Å². The summed E-state index contributed by atoms with van der Waals surface area (Å²) in [6.07, 6.45) is 0. The number of nitrogen functional groups attached to an aromatic ring is 1. The highest BCUT2D eigenvalue weighted by molar-refractivity contribution is 5.92. The van der Waals surface area contributed by atoms with Crippen molar-refractivity contribution < 1.29 is 9.53 Å². The van der Waals surface area contributed by atoms with E-state index in [1.54, 1.807) is 30.3 Å². The van der Waals surface area contributed by atoms with Gasteiger partial charge in [-0.25, -0.2) is 0 Å². The highest BCUT2D eigenvalue weighted by Crippen LogP contribution is 2.16. The van der Waals surface area contributed by atoms with E-state index in [2.05, 4.69) is 0 Å². The number of hydrogen-bond donors (Lipinski definition) is 2. The van der Waals surface area contributed by atoms with Crippen LogP contribution in [0.2, 0.25) is 0 Å². The van der Waals surface area contributed by atoms with Crippen molar-refractivity contribution in [2.24, 2.45) is 5.73 Å². The van der Waals surface area contributed by atoms with E-state index >= 15 is 0 Å². The molecule has 18 heavy (non-hydrogen) atoms. The number of carbonyl (C=O) groups excluding carboxylic acids is 1. The molecule has 4 N–H and O–H groups in total. The summed E-state index contributed by atoms with van der Waals surface area (Å²) in [5.74, 6) is 0.250. The lowest BCUT2D eigenvalue weighted by atomic mass is 10.1. The lowest BCUT2D eigenvalue weighted by Crippen LogP contribution is -2.11. The Morgan fingerprint density at radius 1 is 1.11 bits per heavy atom. The number of hydrogen-bond acceptors (Lipinski definition) is 3. The number of nitrogens with two attached hydrogens (primary N) is 2. The predicted molar refractivity (Wildman–Crippen MR) is 70.1 cm³/mol. The maximum absolute atomic E-state index is 11.0. The second-order valence-corrected chi connectivity index (χ2v) is 3.93. The maximum atomic E-state index is 11.0. The molecule has 0 radical (unpaired) electrons. The van der Waals surface area contributed by atoms with Crippen LogP contribution in [-0.4, -0.2) is 5.91 Å². The molecule has 0 heterocycles. The molecule has 2 aromatic rings. The first kappa shape index (κ1) is 12.0. The van der Waals surface area contributed by atoms with Gasteiger partial charge < -0.3 is 16.2 Å². The van der Waals surface area contributed by atoms with Crippen LogP contribution in [-0.2, 0) is 6.61 Å². The molecule has 0 fully saturated rings. The van der Waals surface area contributed by atoms with Gasteiger partial charge >= 0.3 is 0 Å². The van der Waals surface area contributed by atoms with Crippen molar-refractivity contribution in [3.8, 4) is 5.75 Å². The third kappa shape index (κ3) is 3.01. The molecule has 0 aliphatic rings. The summed E-state index contributed by atoms with van der Waals surface area (Å²) < 4.78 is 5.58. The monoisotopic (exact) mass is 242 g/mol. The van der Waals surface area contributed by atoms with Gasteiger partial charge in [-0.3, -0.25) is 4.79 Å². The average Bonchev–Trinajstić information content (AvgIpc) is 2.37. The summed E-state index contributed by atoms with van der Waals surface area (Å²) >= 11 is 0. The zero-order chi connectivity index (χ0) is 13.0. The fourth-order valence-corrected chi connectivity index (χ4v) is 1.59. The number of carbonyl (C=O) groups is 1. The van der Waals surface area contributed by atoms with E-state index in [-0.39, 0.29) is 0 Å². The second-order valence-electron chi connectivity index (χ2n) is 3.93. The predicted octanol–water partition coefficient (Wildman–Crippen LogP) is 1.95. The molecule has 0 unspecified atom stereocenters. The van der Waals surface area contributed by atoms with Crippen molar-refractivity contribution in [2.75, 3.05) is 5.73 Å². The van der Waals surface area contributed by atoms with E-state index in [0.717, 1.165) is 5.56 Å². The van der Waals surface area contributed by atoms with Gasteiger partial charge in [-0.2, -0.15) is 0 Å². The van der Waals surface area contributed by atoms with Gasteiger partial charge in [0.25, 0.3) is 0 Å². The fourth-order valence-electron chi connectivity index (χ4n) is 1.59. The zero-order valence-electron chi connectivity index (χ0n) is 9.80. The van der Waals surface area contributed by atoms with Crippen LogP contribution < -0.4 is 16.2 Å². The highest BCUT2D eigenvalue weighted by atomic mass is 16.5. The number of primary amides is 1. The first-order valence-corrected chi connectivity index (χ1v) is 5.52. The molecule has 0 aromatic heterocycles. The Hall–Kier alpha value is -2.49. The largest absolute Gasteiger partial charge is 0.489 e. The van der Waals surface area contributed by atoms with E-state index in [9.17, 15) is 4.79 Å². The average molecular weight is 242 g/mol. The van der Waals surface area contributed by atoms with Crippen LogP contribution in [0.15, 0.2) is 48.5 Å². The molecular weight excluding hydrogens is 228 g/mol. The highest BCUT2D eigenvalue weighted by Gasteiger charge is 2.02. The lowest BCUT2D eigenvalue weighted by molar-refractivity contribution is 0.1000. The number of rotatable bonds is 4. The Morgan fingerprint density at radius 2 is 1.89 bits per heavy atom. The van der Waals surface area contributed by atoms with Crippen molar-refractivity contribution in [2.45, 2.75) is 6.61 Å². The Morgan fingerprint density at radius 3 is 2.61 bits per heavy atom. The van der Waals surface area contributed by atoms with Crippen LogP contribution in [0.3, 0.4) is 0 Å². The van der Waals surface area contributed by atoms with Gasteiger partial charge in [0.15, 0.2) is 0 Å². The molecule has 2 rings (SSSR count). The zero-order valence-corrected chi connectivity index (χ0v) is 9.80. The Kier molecular flexibility index (Phi) is 3.48.